The Morgan fingerprint density at radius 1 is 1.53 bits per heavy atom. The molecule has 0 bridgehead atoms. The Morgan fingerprint density at radius 3 is 2.71 bits per heavy atom. The van der Waals surface area contributed by atoms with Crippen LogP contribution in [-0.2, 0) is 9.53 Å². The fourth-order valence-electron chi connectivity index (χ4n) is 1.36. The van der Waals surface area contributed by atoms with Crippen LogP contribution in [0, 0.1) is 11.6 Å². The van der Waals surface area contributed by atoms with E-state index in [1.54, 1.807) is 6.92 Å². The lowest BCUT2D eigenvalue weighted by molar-refractivity contribution is -0.141. The first kappa shape index (κ1) is 13.2. The number of ether oxygens (including phenoxy) is 1. The van der Waals surface area contributed by atoms with E-state index in [0.717, 1.165) is 6.07 Å². The van der Waals surface area contributed by atoms with Gasteiger partial charge in [0.25, 0.3) is 0 Å². The maximum absolute atomic E-state index is 13.2. The van der Waals surface area contributed by atoms with Crippen LogP contribution in [0.1, 0.15) is 13.3 Å². The summed E-state index contributed by atoms with van der Waals surface area (Å²) < 4.78 is 30.7. The Bertz CT molecular complexity index is 424. The SMILES string of the molecule is CCC(Nc1cc(F)cc(F)c1N)C(=O)OC. The number of nitrogen functional groups attached to an aromatic ring is 1. The van der Waals surface area contributed by atoms with E-state index in [-0.39, 0.29) is 11.4 Å². The summed E-state index contributed by atoms with van der Waals surface area (Å²) in [6.45, 7) is 1.74. The first-order valence-corrected chi connectivity index (χ1v) is 5.08. The van der Waals surface area contributed by atoms with Crippen molar-refractivity contribution in [1.82, 2.24) is 0 Å². The highest BCUT2D eigenvalue weighted by atomic mass is 19.1. The number of halogens is 2. The van der Waals surface area contributed by atoms with Gasteiger partial charge in [0.2, 0.25) is 0 Å². The summed E-state index contributed by atoms with van der Waals surface area (Å²) in [6.07, 6.45) is 0.407. The number of methoxy groups -OCH3 is 1. The molecule has 0 aliphatic carbocycles. The molecular formula is C11H14F2N2O2. The van der Waals surface area contributed by atoms with E-state index in [0.29, 0.717) is 12.5 Å². The number of nitrogens with two attached hydrogens (primary N) is 1. The maximum atomic E-state index is 13.2. The summed E-state index contributed by atoms with van der Waals surface area (Å²) in [5.74, 6) is -2.15. The van der Waals surface area contributed by atoms with Gasteiger partial charge in [-0.2, -0.15) is 0 Å². The van der Waals surface area contributed by atoms with E-state index in [9.17, 15) is 13.6 Å². The minimum absolute atomic E-state index is 0.0414. The molecule has 1 unspecified atom stereocenters. The van der Waals surface area contributed by atoms with Crippen molar-refractivity contribution in [1.29, 1.82) is 0 Å². The van der Waals surface area contributed by atoms with E-state index < -0.39 is 23.6 Å². The zero-order valence-corrected chi connectivity index (χ0v) is 9.59. The lowest BCUT2D eigenvalue weighted by atomic mass is 10.2. The van der Waals surface area contributed by atoms with Gasteiger partial charge < -0.3 is 15.8 Å². The molecule has 0 saturated heterocycles. The monoisotopic (exact) mass is 244 g/mol. The second-order valence-corrected chi connectivity index (χ2v) is 3.48. The average molecular weight is 244 g/mol. The van der Waals surface area contributed by atoms with Crippen LogP contribution in [-0.4, -0.2) is 19.1 Å². The second kappa shape index (κ2) is 5.47. The Hall–Kier alpha value is -1.85. The van der Waals surface area contributed by atoms with Crippen LogP contribution in [0.2, 0.25) is 0 Å². The summed E-state index contributed by atoms with van der Waals surface area (Å²) >= 11 is 0. The molecule has 4 nitrogen and oxygen atoms in total. The van der Waals surface area contributed by atoms with Crippen molar-refractivity contribution in [2.45, 2.75) is 19.4 Å². The lowest BCUT2D eigenvalue weighted by Gasteiger charge is -2.17. The number of anilines is 2. The van der Waals surface area contributed by atoms with E-state index in [4.69, 9.17) is 5.73 Å². The van der Waals surface area contributed by atoms with Gasteiger partial charge in [0.1, 0.15) is 11.9 Å². The van der Waals surface area contributed by atoms with Gasteiger partial charge in [-0.25, -0.2) is 13.6 Å². The fourth-order valence-corrected chi connectivity index (χ4v) is 1.36. The molecule has 94 valence electrons. The van der Waals surface area contributed by atoms with Gasteiger partial charge in [0.15, 0.2) is 5.82 Å². The number of hydrogen-bond acceptors (Lipinski definition) is 4. The predicted octanol–water partition coefficient (Wildman–Crippen LogP) is 1.91. The molecule has 1 rings (SSSR count). The fraction of sp³-hybridized carbons (Fsp3) is 0.364. The standard InChI is InChI=1S/C11H14F2N2O2/c1-3-8(11(16)17-2)15-9-5-6(12)4-7(13)10(9)14/h4-5,8,15H,3,14H2,1-2H3. The van der Waals surface area contributed by atoms with Crippen molar-refractivity contribution in [3.05, 3.63) is 23.8 Å². The number of carbonyl (C=O) groups is 1. The molecule has 1 aromatic carbocycles. The minimum atomic E-state index is -0.868. The third kappa shape index (κ3) is 3.05. The van der Waals surface area contributed by atoms with Gasteiger partial charge >= 0.3 is 5.97 Å². The highest BCUT2D eigenvalue weighted by Gasteiger charge is 2.19. The number of rotatable bonds is 4. The van der Waals surface area contributed by atoms with E-state index >= 15 is 0 Å². The van der Waals surface area contributed by atoms with Crippen LogP contribution in [0.5, 0.6) is 0 Å². The number of esters is 1. The molecule has 17 heavy (non-hydrogen) atoms. The molecule has 1 atom stereocenters. The van der Waals surface area contributed by atoms with Gasteiger partial charge in [0, 0.05) is 6.07 Å². The molecule has 0 saturated carbocycles. The van der Waals surface area contributed by atoms with Gasteiger partial charge in [0.05, 0.1) is 18.5 Å². The Balaban J connectivity index is 2.97. The Labute approximate surface area is 97.8 Å². The second-order valence-electron chi connectivity index (χ2n) is 3.48. The van der Waals surface area contributed by atoms with Crippen molar-refractivity contribution in [2.75, 3.05) is 18.2 Å². The summed E-state index contributed by atoms with van der Waals surface area (Å²) in [6, 6.07) is 1.02. The molecule has 0 aliphatic rings. The number of carbonyl (C=O) groups excluding carboxylic acids is 1. The normalized spacial score (nSPS) is 12.0. The van der Waals surface area contributed by atoms with Crippen molar-refractivity contribution >= 4 is 17.3 Å². The Kier molecular flexibility index (Phi) is 4.25. The topological polar surface area (TPSA) is 64.3 Å². The molecule has 0 aliphatic heterocycles. The first-order chi connectivity index (χ1) is 7.99. The molecule has 0 heterocycles. The zero-order valence-electron chi connectivity index (χ0n) is 9.59. The minimum Gasteiger partial charge on any atom is -0.467 e. The molecule has 0 aromatic heterocycles. The van der Waals surface area contributed by atoms with E-state index in [1.807, 2.05) is 0 Å². The Morgan fingerprint density at radius 2 is 2.18 bits per heavy atom. The average Bonchev–Trinajstić information content (AvgIpc) is 2.30. The number of nitrogens with one attached hydrogen (secondary N) is 1. The molecule has 0 amide bonds. The highest BCUT2D eigenvalue weighted by Crippen LogP contribution is 2.24. The van der Waals surface area contributed by atoms with Crippen LogP contribution < -0.4 is 11.1 Å². The smallest absolute Gasteiger partial charge is 0.328 e. The van der Waals surface area contributed by atoms with Crippen molar-refractivity contribution < 1.29 is 18.3 Å². The van der Waals surface area contributed by atoms with E-state index in [2.05, 4.69) is 10.1 Å². The summed E-state index contributed by atoms with van der Waals surface area (Å²) in [7, 11) is 1.24. The van der Waals surface area contributed by atoms with Crippen molar-refractivity contribution in [3.8, 4) is 0 Å². The molecule has 0 radical (unpaired) electrons. The number of benzene rings is 1. The molecule has 0 spiro atoms. The molecule has 0 fully saturated rings. The highest BCUT2D eigenvalue weighted by molar-refractivity contribution is 5.81. The van der Waals surface area contributed by atoms with Crippen LogP contribution in [0.4, 0.5) is 20.2 Å². The van der Waals surface area contributed by atoms with E-state index in [1.165, 1.54) is 7.11 Å². The van der Waals surface area contributed by atoms with Gasteiger partial charge in [-0.3, -0.25) is 0 Å². The van der Waals surface area contributed by atoms with Gasteiger partial charge in [-0.15, -0.1) is 0 Å². The van der Waals surface area contributed by atoms with Gasteiger partial charge in [-0.05, 0) is 12.5 Å². The van der Waals surface area contributed by atoms with Crippen LogP contribution in [0.25, 0.3) is 0 Å². The quantitative estimate of drug-likeness (QED) is 0.627. The largest absolute Gasteiger partial charge is 0.467 e. The lowest BCUT2D eigenvalue weighted by Crippen LogP contribution is -2.30. The number of hydrogen-bond donors (Lipinski definition) is 2. The maximum Gasteiger partial charge on any atom is 0.328 e. The zero-order chi connectivity index (χ0) is 13.0. The van der Waals surface area contributed by atoms with Gasteiger partial charge in [-0.1, -0.05) is 6.92 Å². The van der Waals surface area contributed by atoms with Crippen LogP contribution in [0.3, 0.4) is 0 Å². The van der Waals surface area contributed by atoms with Crippen molar-refractivity contribution in [3.63, 3.8) is 0 Å². The summed E-state index contributed by atoms with van der Waals surface area (Å²) in [5, 5.41) is 2.65. The van der Waals surface area contributed by atoms with Crippen LogP contribution in [0.15, 0.2) is 12.1 Å². The molecule has 3 N–H and O–H groups in total. The van der Waals surface area contributed by atoms with Crippen LogP contribution >= 0.6 is 0 Å². The molecule has 6 heteroatoms. The summed E-state index contributed by atoms with van der Waals surface area (Å²) in [5.41, 5.74) is 5.25. The first-order valence-electron chi connectivity index (χ1n) is 5.08. The predicted molar refractivity (Wildman–Crippen MR) is 60.5 cm³/mol. The molecular weight excluding hydrogens is 230 g/mol. The van der Waals surface area contributed by atoms with Crippen molar-refractivity contribution in [2.24, 2.45) is 0 Å². The third-order valence-corrected chi connectivity index (χ3v) is 2.32. The third-order valence-electron chi connectivity index (χ3n) is 2.32. The summed E-state index contributed by atoms with van der Waals surface area (Å²) in [4.78, 5) is 11.3. The molecule has 1 aromatic rings.